The number of aliphatic imine (C=N–C) groups is 1. The number of rotatable bonds is 3. The van der Waals surface area contributed by atoms with Gasteiger partial charge in [-0.05, 0) is 32.1 Å². The molecule has 0 aromatic heterocycles. The van der Waals surface area contributed by atoms with E-state index in [1.165, 1.54) is 70.7 Å². The van der Waals surface area contributed by atoms with Gasteiger partial charge in [-0.15, -0.1) is 0 Å². The van der Waals surface area contributed by atoms with E-state index in [9.17, 15) is 0 Å². The molecule has 0 spiro atoms. The van der Waals surface area contributed by atoms with E-state index in [0.717, 1.165) is 6.54 Å². The Balaban J connectivity index is 1.96. The van der Waals surface area contributed by atoms with Gasteiger partial charge in [0.2, 0.25) is 0 Å². The molecule has 3 heteroatoms. The summed E-state index contributed by atoms with van der Waals surface area (Å²) in [6, 6.07) is 0. The fourth-order valence-corrected chi connectivity index (χ4v) is 2.57. The van der Waals surface area contributed by atoms with Crippen LogP contribution in [0.4, 0.5) is 0 Å². The van der Waals surface area contributed by atoms with Crippen molar-refractivity contribution in [2.75, 3.05) is 32.7 Å². The number of likely N-dealkylation sites (tertiary alicyclic amines) is 2. The van der Waals surface area contributed by atoms with Crippen LogP contribution in [0, 0.1) is 0 Å². The average Bonchev–Trinajstić information content (AvgIpc) is 2.97. The number of hydrogen-bond acceptors (Lipinski definition) is 1. The maximum Gasteiger partial charge on any atom is 0.196 e. The van der Waals surface area contributed by atoms with Crippen LogP contribution in [-0.2, 0) is 0 Å². The second-order valence-electron chi connectivity index (χ2n) is 4.92. The van der Waals surface area contributed by atoms with Crippen molar-refractivity contribution in [1.82, 2.24) is 9.80 Å². The van der Waals surface area contributed by atoms with Gasteiger partial charge in [0.1, 0.15) is 0 Å². The van der Waals surface area contributed by atoms with Gasteiger partial charge in [-0.2, -0.15) is 0 Å². The molecule has 3 nitrogen and oxygen atoms in total. The number of hydrogen-bond donors (Lipinski definition) is 0. The standard InChI is InChI=1S/C13H25N3/c1-2-3-8-14-13(15-9-4-5-10-15)16-11-6-7-12-16/h2-12H2,1H3. The Morgan fingerprint density at radius 3 is 1.88 bits per heavy atom. The van der Waals surface area contributed by atoms with Gasteiger partial charge in [0.15, 0.2) is 5.96 Å². The van der Waals surface area contributed by atoms with Gasteiger partial charge in [-0.1, -0.05) is 13.3 Å². The Hall–Kier alpha value is -0.730. The monoisotopic (exact) mass is 223 g/mol. The Morgan fingerprint density at radius 2 is 1.44 bits per heavy atom. The fraction of sp³-hybridized carbons (Fsp3) is 0.923. The predicted octanol–water partition coefficient (Wildman–Crippen LogP) is 2.33. The lowest BCUT2D eigenvalue weighted by atomic mass is 10.3. The molecule has 2 heterocycles. The van der Waals surface area contributed by atoms with Crippen LogP contribution < -0.4 is 0 Å². The molecule has 2 aliphatic rings. The third kappa shape index (κ3) is 2.89. The summed E-state index contributed by atoms with van der Waals surface area (Å²) in [6.45, 7) is 8.14. The van der Waals surface area contributed by atoms with E-state index in [4.69, 9.17) is 4.99 Å². The SMILES string of the molecule is CCCCN=C(N1CCCC1)N1CCCC1. The number of nitrogens with zero attached hydrogens (tertiary/aromatic N) is 3. The minimum absolute atomic E-state index is 1.01. The van der Waals surface area contributed by atoms with Crippen LogP contribution in [0.2, 0.25) is 0 Å². The quantitative estimate of drug-likeness (QED) is 0.415. The van der Waals surface area contributed by atoms with Crippen LogP contribution in [0.15, 0.2) is 4.99 Å². The third-order valence-corrected chi connectivity index (χ3v) is 3.54. The van der Waals surface area contributed by atoms with Crippen LogP contribution in [0.25, 0.3) is 0 Å². The summed E-state index contributed by atoms with van der Waals surface area (Å²) in [6.07, 6.45) is 7.87. The second-order valence-corrected chi connectivity index (χ2v) is 4.92. The first-order valence-corrected chi connectivity index (χ1v) is 6.96. The Labute approximate surface area is 99.5 Å². The van der Waals surface area contributed by atoms with E-state index >= 15 is 0 Å². The van der Waals surface area contributed by atoms with Crippen molar-refractivity contribution < 1.29 is 0 Å². The van der Waals surface area contributed by atoms with Gasteiger partial charge in [-0.25, -0.2) is 0 Å². The maximum atomic E-state index is 4.85. The summed E-state index contributed by atoms with van der Waals surface area (Å²) in [5, 5.41) is 0. The zero-order valence-corrected chi connectivity index (χ0v) is 10.6. The molecule has 0 radical (unpaired) electrons. The lowest BCUT2D eigenvalue weighted by Crippen LogP contribution is -2.41. The highest BCUT2D eigenvalue weighted by Gasteiger charge is 2.23. The topological polar surface area (TPSA) is 18.8 Å². The van der Waals surface area contributed by atoms with Crippen LogP contribution in [0.5, 0.6) is 0 Å². The molecule has 16 heavy (non-hydrogen) atoms. The molecule has 0 bridgehead atoms. The molecule has 0 atom stereocenters. The maximum absolute atomic E-state index is 4.85. The molecule has 0 N–H and O–H groups in total. The lowest BCUT2D eigenvalue weighted by Gasteiger charge is -2.28. The van der Waals surface area contributed by atoms with E-state index in [1.807, 2.05) is 0 Å². The van der Waals surface area contributed by atoms with Crippen molar-refractivity contribution in [3.05, 3.63) is 0 Å². The molecule has 0 aromatic rings. The molecule has 2 saturated heterocycles. The van der Waals surface area contributed by atoms with Crippen molar-refractivity contribution in [3.63, 3.8) is 0 Å². The van der Waals surface area contributed by atoms with E-state index in [-0.39, 0.29) is 0 Å². The highest BCUT2D eigenvalue weighted by Crippen LogP contribution is 2.15. The van der Waals surface area contributed by atoms with Crippen molar-refractivity contribution >= 4 is 5.96 Å². The number of guanidine groups is 1. The van der Waals surface area contributed by atoms with Gasteiger partial charge < -0.3 is 9.80 Å². The Morgan fingerprint density at radius 1 is 0.938 bits per heavy atom. The van der Waals surface area contributed by atoms with Crippen molar-refractivity contribution in [3.8, 4) is 0 Å². The molecule has 0 unspecified atom stereocenters. The van der Waals surface area contributed by atoms with Crippen LogP contribution in [0.1, 0.15) is 45.4 Å². The summed E-state index contributed by atoms with van der Waals surface area (Å²) < 4.78 is 0. The zero-order chi connectivity index (χ0) is 11.2. The van der Waals surface area contributed by atoms with E-state index in [0.29, 0.717) is 0 Å². The van der Waals surface area contributed by atoms with Crippen LogP contribution >= 0.6 is 0 Å². The van der Waals surface area contributed by atoms with Crippen LogP contribution in [-0.4, -0.2) is 48.5 Å². The normalized spacial score (nSPS) is 20.6. The van der Waals surface area contributed by atoms with Crippen LogP contribution in [0.3, 0.4) is 0 Å². The molecule has 0 amide bonds. The van der Waals surface area contributed by atoms with Gasteiger partial charge in [-0.3, -0.25) is 4.99 Å². The predicted molar refractivity (Wildman–Crippen MR) is 68.8 cm³/mol. The minimum Gasteiger partial charge on any atom is -0.343 e. The van der Waals surface area contributed by atoms with Crippen molar-refractivity contribution in [2.45, 2.75) is 45.4 Å². The van der Waals surface area contributed by atoms with Gasteiger partial charge in [0.05, 0.1) is 0 Å². The lowest BCUT2D eigenvalue weighted by molar-refractivity contribution is 0.392. The molecule has 2 fully saturated rings. The van der Waals surface area contributed by atoms with Gasteiger partial charge in [0, 0.05) is 32.7 Å². The molecule has 0 aromatic carbocycles. The Bertz CT molecular complexity index is 207. The van der Waals surface area contributed by atoms with E-state index in [1.54, 1.807) is 0 Å². The van der Waals surface area contributed by atoms with Crippen molar-refractivity contribution in [1.29, 1.82) is 0 Å². The smallest absolute Gasteiger partial charge is 0.196 e. The molecule has 2 rings (SSSR count). The summed E-state index contributed by atoms with van der Waals surface area (Å²) in [5.74, 6) is 1.31. The summed E-state index contributed by atoms with van der Waals surface area (Å²) in [7, 11) is 0. The summed E-state index contributed by atoms with van der Waals surface area (Å²) in [4.78, 5) is 9.85. The highest BCUT2D eigenvalue weighted by atomic mass is 15.4. The first-order chi connectivity index (χ1) is 7.92. The summed E-state index contributed by atoms with van der Waals surface area (Å²) >= 11 is 0. The zero-order valence-electron chi connectivity index (χ0n) is 10.6. The first-order valence-electron chi connectivity index (χ1n) is 6.96. The van der Waals surface area contributed by atoms with Gasteiger partial charge in [0.25, 0.3) is 0 Å². The molecule has 92 valence electrons. The number of unbranched alkanes of at least 4 members (excludes halogenated alkanes) is 1. The summed E-state index contributed by atoms with van der Waals surface area (Å²) in [5.41, 5.74) is 0. The second kappa shape index (κ2) is 6.12. The van der Waals surface area contributed by atoms with Gasteiger partial charge >= 0.3 is 0 Å². The first kappa shape index (κ1) is 11.7. The molecular formula is C13H25N3. The minimum atomic E-state index is 1.01. The average molecular weight is 223 g/mol. The van der Waals surface area contributed by atoms with E-state index in [2.05, 4.69) is 16.7 Å². The van der Waals surface area contributed by atoms with E-state index < -0.39 is 0 Å². The molecular weight excluding hydrogens is 198 g/mol. The Kier molecular flexibility index (Phi) is 4.49. The molecule has 0 aliphatic carbocycles. The third-order valence-electron chi connectivity index (χ3n) is 3.54. The van der Waals surface area contributed by atoms with Crippen molar-refractivity contribution in [2.24, 2.45) is 4.99 Å². The molecule has 0 saturated carbocycles. The highest BCUT2D eigenvalue weighted by molar-refractivity contribution is 5.80. The molecule has 2 aliphatic heterocycles. The largest absolute Gasteiger partial charge is 0.343 e. The fourth-order valence-electron chi connectivity index (χ4n) is 2.57.